The summed E-state index contributed by atoms with van der Waals surface area (Å²) in [6.45, 7) is 0.795. The summed E-state index contributed by atoms with van der Waals surface area (Å²) in [5.74, 6) is 0.952. The second-order valence-electron chi connectivity index (χ2n) is 7.49. The third-order valence-electron chi connectivity index (χ3n) is 5.95. The van der Waals surface area contributed by atoms with Crippen molar-refractivity contribution in [2.24, 2.45) is 7.05 Å². The Balaban J connectivity index is 1.66. The molecule has 1 aromatic carbocycles. The van der Waals surface area contributed by atoms with Gasteiger partial charge in [-0.1, -0.05) is 17.7 Å². The lowest BCUT2D eigenvalue weighted by Crippen LogP contribution is -2.47. The number of rotatable bonds is 4. The molecule has 1 atom stereocenters. The molecule has 0 saturated carbocycles. The van der Waals surface area contributed by atoms with Crippen molar-refractivity contribution in [2.75, 3.05) is 13.7 Å². The highest BCUT2D eigenvalue weighted by Gasteiger charge is 2.34. The van der Waals surface area contributed by atoms with Crippen LogP contribution in [0, 0.1) is 0 Å². The van der Waals surface area contributed by atoms with E-state index in [2.05, 4.69) is 22.1 Å². The molecule has 5 heteroatoms. The van der Waals surface area contributed by atoms with Crippen LogP contribution in [-0.4, -0.2) is 40.3 Å². The SMILES string of the molecule is COc1ccc(C[C@@H]2C3=C(CCCC3)CCN2C(=O)c2ccnn2C)cc1. The number of carbonyl (C=O) groups excluding carboxylic acids is 1. The summed E-state index contributed by atoms with van der Waals surface area (Å²) in [5, 5.41) is 4.19. The number of aryl methyl sites for hydroxylation is 1. The Hall–Kier alpha value is -2.56. The molecule has 0 fully saturated rings. The van der Waals surface area contributed by atoms with Gasteiger partial charge in [0, 0.05) is 19.8 Å². The zero-order valence-corrected chi connectivity index (χ0v) is 16.1. The number of amides is 1. The minimum Gasteiger partial charge on any atom is -0.497 e. The number of hydrogen-bond donors (Lipinski definition) is 0. The Morgan fingerprint density at radius 1 is 1.15 bits per heavy atom. The molecular formula is C22H27N3O2. The highest BCUT2D eigenvalue weighted by molar-refractivity contribution is 5.93. The molecular weight excluding hydrogens is 338 g/mol. The number of ether oxygens (including phenoxy) is 1. The number of methoxy groups -OCH3 is 1. The fourth-order valence-electron chi connectivity index (χ4n) is 4.47. The summed E-state index contributed by atoms with van der Waals surface area (Å²) in [6, 6.07) is 10.2. The standard InChI is InChI=1S/C22H27N3O2/c1-24-20(11-13-23-24)22(26)25-14-12-17-5-3-4-6-19(17)21(25)15-16-7-9-18(27-2)10-8-16/h7-11,13,21H,3-6,12,14-15H2,1-2H3/t21-/m1/s1. The molecule has 5 nitrogen and oxygen atoms in total. The Morgan fingerprint density at radius 2 is 1.93 bits per heavy atom. The van der Waals surface area contributed by atoms with Crippen LogP contribution >= 0.6 is 0 Å². The number of hydrogen-bond acceptors (Lipinski definition) is 3. The number of benzene rings is 1. The van der Waals surface area contributed by atoms with E-state index >= 15 is 0 Å². The minimum atomic E-state index is 0.0886. The molecule has 27 heavy (non-hydrogen) atoms. The highest BCUT2D eigenvalue weighted by Crippen LogP contribution is 2.37. The van der Waals surface area contributed by atoms with Crippen LogP contribution in [0.3, 0.4) is 0 Å². The number of carbonyl (C=O) groups is 1. The molecule has 1 aliphatic heterocycles. The molecule has 0 N–H and O–H groups in total. The Kier molecular flexibility index (Phi) is 5.01. The van der Waals surface area contributed by atoms with Crippen molar-refractivity contribution in [3.63, 3.8) is 0 Å². The average molecular weight is 365 g/mol. The van der Waals surface area contributed by atoms with Crippen LogP contribution in [0.25, 0.3) is 0 Å². The van der Waals surface area contributed by atoms with Gasteiger partial charge in [-0.3, -0.25) is 9.48 Å². The first-order valence-electron chi connectivity index (χ1n) is 9.80. The van der Waals surface area contributed by atoms with Gasteiger partial charge in [0.15, 0.2) is 0 Å². The van der Waals surface area contributed by atoms with Gasteiger partial charge in [0.05, 0.1) is 13.2 Å². The van der Waals surface area contributed by atoms with Crippen LogP contribution < -0.4 is 4.74 Å². The van der Waals surface area contributed by atoms with Crippen molar-refractivity contribution in [1.82, 2.24) is 14.7 Å². The second-order valence-corrected chi connectivity index (χ2v) is 7.49. The van der Waals surface area contributed by atoms with Crippen molar-refractivity contribution in [1.29, 1.82) is 0 Å². The van der Waals surface area contributed by atoms with E-state index in [4.69, 9.17) is 4.74 Å². The lowest BCUT2D eigenvalue weighted by molar-refractivity contribution is 0.0674. The zero-order valence-electron chi connectivity index (χ0n) is 16.1. The largest absolute Gasteiger partial charge is 0.497 e. The lowest BCUT2D eigenvalue weighted by atomic mass is 9.80. The smallest absolute Gasteiger partial charge is 0.272 e. The van der Waals surface area contributed by atoms with Gasteiger partial charge in [-0.05, 0) is 67.9 Å². The normalized spacial score (nSPS) is 19.8. The molecule has 2 heterocycles. The maximum absolute atomic E-state index is 13.3. The molecule has 0 spiro atoms. The van der Waals surface area contributed by atoms with E-state index in [1.807, 2.05) is 25.2 Å². The van der Waals surface area contributed by atoms with Gasteiger partial charge >= 0.3 is 0 Å². The van der Waals surface area contributed by atoms with Gasteiger partial charge in [0.2, 0.25) is 0 Å². The van der Waals surface area contributed by atoms with E-state index in [0.717, 1.165) is 31.6 Å². The molecule has 2 aromatic rings. The molecule has 1 amide bonds. The van der Waals surface area contributed by atoms with Gasteiger partial charge in [0.1, 0.15) is 11.4 Å². The molecule has 142 valence electrons. The van der Waals surface area contributed by atoms with E-state index in [9.17, 15) is 4.79 Å². The molecule has 0 saturated heterocycles. The number of aromatic nitrogens is 2. The molecule has 2 aliphatic rings. The Labute approximate surface area is 160 Å². The van der Waals surface area contributed by atoms with Crippen LogP contribution in [0.4, 0.5) is 0 Å². The first kappa shape index (κ1) is 17.8. The minimum absolute atomic E-state index is 0.0886. The summed E-state index contributed by atoms with van der Waals surface area (Å²) in [5.41, 5.74) is 4.99. The predicted molar refractivity (Wildman–Crippen MR) is 105 cm³/mol. The fraction of sp³-hybridized carbons (Fsp3) is 0.455. The molecule has 4 rings (SSSR count). The average Bonchev–Trinajstić information content (AvgIpc) is 3.14. The van der Waals surface area contributed by atoms with Gasteiger partial charge in [0.25, 0.3) is 5.91 Å². The summed E-state index contributed by atoms with van der Waals surface area (Å²) in [4.78, 5) is 15.4. The summed E-state index contributed by atoms with van der Waals surface area (Å²) < 4.78 is 6.96. The van der Waals surface area contributed by atoms with Crippen molar-refractivity contribution >= 4 is 5.91 Å². The maximum atomic E-state index is 13.3. The van der Waals surface area contributed by atoms with Crippen molar-refractivity contribution < 1.29 is 9.53 Å². The molecule has 0 bridgehead atoms. The van der Waals surface area contributed by atoms with E-state index in [1.54, 1.807) is 23.6 Å². The second kappa shape index (κ2) is 7.59. The van der Waals surface area contributed by atoms with Crippen LogP contribution in [0.1, 0.15) is 48.2 Å². The van der Waals surface area contributed by atoms with E-state index in [0.29, 0.717) is 5.69 Å². The van der Waals surface area contributed by atoms with Gasteiger partial charge in [-0.2, -0.15) is 5.10 Å². The molecule has 1 aliphatic carbocycles. The van der Waals surface area contributed by atoms with E-state index in [1.165, 1.54) is 30.4 Å². The molecule has 0 radical (unpaired) electrons. The van der Waals surface area contributed by atoms with Crippen molar-refractivity contribution in [2.45, 2.75) is 44.6 Å². The first-order chi connectivity index (χ1) is 13.2. The zero-order chi connectivity index (χ0) is 18.8. The predicted octanol–water partition coefficient (Wildman–Crippen LogP) is 3.76. The summed E-state index contributed by atoms with van der Waals surface area (Å²) in [6.07, 6.45) is 8.38. The molecule has 1 aromatic heterocycles. The van der Waals surface area contributed by atoms with Crippen molar-refractivity contribution in [3.8, 4) is 5.75 Å². The number of nitrogens with zero attached hydrogens (tertiary/aromatic N) is 3. The van der Waals surface area contributed by atoms with E-state index < -0.39 is 0 Å². The van der Waals surface area contributed by atoms with E-state index in [-0.39, 0.29) is 11.9 Å². The monoisotopic (exact) mass is 365 g/mol. The lowest BCUT2D eigenvalue weighted by Gasteiger charge is -2.41. The van der Waals surface area contributed by atoms with Crippen LogP contribution in [0.5, 0.6) is 5.75 Å². The first-order valence-corrected chi connectivity index (χ1v) is 9.80. The highest BCUT2D eigenvalue weighted by atomic mass is 16.5. The van der Waals surface area contributed by atoms with Crippen LogP contribution in [0.15, 0.2) is 47.7 Å². The third kappa shape index (κ3) is 3.51. The molecule has 0 unspecified atom stereocenters. The Morgan fingerprint density at radius 3 is 2.63 bits per heavy atom. The maximum Gasteiger partial charge on any atom is 0.272 e. The van der Waals surface area contributed by atoms with Gasteiger partial charge in [-0.15, -0.1) is 0 Å². The van der Waals surface area contributed by atoms with Gasteiger partial charge in [-0.25, -0.2) is 0 Å². The quantitative estimate of drug-likeness (QED) is 0.775. The summed E-state index contributed by atoms with van der Waals surface area (Å²) in [7, 11) is 3.52. The Bertz CT molecular complexity index is 851. The van der Waals surface area contributed by atoms with Crippen LogP contribution in [-0.2, 0) is 13.5 Å². The van der Waals surface area contributed by atoms with Crippen LogP contribution in [0.2, 0.25) is 0 Å². The summed E-state index contributed by atoms with van der Waals surface area (Å²) >= 11 is 0. The van der Waals surface area contributed by atoms with Crippen molar-refractivity contribution in [3.05, 3.63) is 58.9 Å². The fourth-order valence-corrected chi connectivity index (χ4v) is 4.47. The third-order valence-corrected chi connectivity index (χ3v) is 5.95. The van der Waals surface area contributed by atoms with Gasteiger partial charge < -0.3 is 9.64 Å². The topological polar surface area (TPSA) is 47.4 Å².